The SMILES string of the molecule is CCCCCCCCCCCCCCCCOC(=O)c1ccc(OCCC(F)(F)C(F)(F)C(F)(F)C(F)(F)C(F)(F)C(F)(F)C(F)(F)C(F)(F)F)cc1. The van der Waals surface area contributed by atoms with Gasteiger partial charge in [-0.1, -0.05) is 90.4 Å². The standard InChI is InChI=1S/C33H41F17O3/c1-2-3-4-5-6-7-8-9-10-11-12-13-14-15-21-53-25(51)23-16-18-24(19-17-23)52-22-20-26(34,35)27(36,37)28(38,39)29(40,41)30(42,43)31(44,45)32(46,47)33(48,49)50/h16-19H,2-15,20-22H2,1H3. The molecule has 3 nitrogen and oxygen atoms in total. The lowest BCUT2D eigenvalue weighted by Gasteiger charge is -2.42. The number of hydrogen-bond donors (Lipinski definition) is 0. The maximum atomic E-state index is 14.1. The third-order valence-corrected chi connectivity index (χ3v) is 8.29. The molecule has 0 bridgehead atoms. The van der Waals surface area contributed by atoms with Crippen molar-refractivity contribution in [2.45, 2.75) is 151 Å². The van der Waals surface area contributed by atoms with Crippen LogP contribution in [0.25, 0.3) is 0 Å². The molecule has 1 rings (SSSR count). The van der Waals surface area contributed by atoms with Crippen molar-refractivity contribution in [1.82, 2.24) is 0 Å². The van der Waals surface area contributed by atoms with Gasteiger partial charge in [-0.25, -0.2) is 4.79 Å². The molecule has 0 aliphatic rings. The van der Waals surface area contributed by atoms with Gasteiger partial charge in [-0.3, -0.25) is 0 Å². The zero-order valence-electron chi connectivity index (χ0n) is 28.5. The van der Waals surface area contributed by atoms with Crippen LogP contribution < -0.4 is 4.74 Å². The lowest BCUT2D eigenvalue weighted by Crippen LogP contribution is -2.74. The van der Waals surface area contributed by atoms with E-state index in [1.807, 2.05) is 0 Å². The number of unbranched alkanes of at least 4 members (excludes halogenated alkanes) is 13. The van der Waals surface area contributed by atoms with Gasteiger partial charge in [0.2, 0.25) is 0 Å². The highest BCUT2D eigenvalue weighted by Crippen LogP contribution is 2.64. The molecule has 1 aromatic rings. The smallest absolute Gasteiger partial charge is 0.460 e. The first-order valence-electron chi connectivity index (χ1n) is 16.8. The molecule has 0 heterocycles. The van der Waals surface area contributed by atoms with Crippen molar-refractivity contribution in [3.05, 3.63) is 29.8 Å². The fourth-order valence-corrected chi connectivity index (χ4v) is 4.88. The Kier molecular flexibility index (Phi) is 17.5. The number of carbonyl (C=O) groups is 1. The van der Waals surface area contributed by atoms with Crippen LogP contribution in [0.4, 0.5) is 74.6 Å². The minimum Gasteiger partial charge on any atom is -0.493 e. The summed E-state index contributed by atoms with van der Waals surface area (Å²) < 4.78 is 237. The van der Waals surface area contributed by atoms with E-state index in [0.717, 1.165) is 56.4 Å². The zero-order chi connectivity index (χ0) is 41.0. The van der Waals surface area contributed by atoms with Gasteiger partial charge in [-0.05, 0) is 30.7 Å². The average molecular weight is 809 g/mol. The molecule has 0 saturated carbocycles. The molecular formula is C33H41F17O3. The Morgan fingerprint density at radius 2 is 0.830 bits per heavy atom. The summed E-state index contributed by atoms with van der Waals surface area (Å²) in [5.41, 5.74) is -0.115. The van der Waals surface area contributed by atoms with Crippen LogP contribution in [0.2, 0.25) is 0 Å². The van der Waals surface area contributed by atoms with E-state index in [1.165, 1.54) is 51.4 Å². The number of rotatable bonds is 26. The first-order valence-corrected chi connectivity index (χ1v) is 16.8. The van der Waals surface area contributed by atoms with Gasteiger partial charge < -0.3 is 9.47 Å². The van der Waals surface area contributed by atoms with Crippen LogP contribution in [-0.2, 0) is 4.74 Å². The van der Waals surface area contributed by atoms with E-state index in [2.05, 4.69) is 11.7 Å². The molecule has 53 heavy (non-hydrogen) atoms. The molecule has 20 heteroatoms. The van der Waals surface area contributed by atoms with Gasteiger partial charge in [0, 0.05) is 0 Å². The number of carbonyl (C=O) groups excluding carboxylic acids is 1. The van der Waals surface area contributed by atoms with E-state index in [9.17, 15) is 79.4 Å². The Hall–Kier alpha value is -2.70. The fraction of sp³-hybridized carbons (Fsp3) is 0.788. The number of ether oxygens (including phenoxy) is 2. The molecule has 310 valence electrons. The number of alkyl halides is 17. The normalized spacial score (nSPS) is 14.1. The van der Waals surface area contributed by atoms with Crippen molar-refractivity contribution in [3.63, 3.8) is 0 Å². The van der Waals surface area contributed by atoms with Crippen molar-refractivity contribution in [3.8, 4) is 5.75 Å². The van der Waals surface area contributed by atoms with Gasteiger partial charge in [-0.15, -0.1) is 0 Å². The molecule has 0 N–H and O–H groups in total. The molecule has 0 saturated heterocycles. The number of benzene rings is 1. The van der Waals surface area contributed by atoms with Crippen LogP contribution in [0.1, 0.15) is 114 Å². The first-order chi connectivity index (χ1) is 24.2. The Morgan fingerprint density at radius 1 is 0.472 bits per heavy atom. The van der Waals surface area contributed by atoms with Gasteiger partial charge in [0.1, 0.15) is 5.75 Å². The molecular weight excluding hydrogens is 767 g/mol. The second kappa shape index (κ2) is 19.2. The summed E-state index contributed by atoms with van der Waals surface area (Å²) in [4.78, 5) is 12.2. The van der Waals surface area contributed by atoms with Crippen molar-refractivity contribution in [2.24, 2.45) is 0 Å². The van der Waals surface area contributed by atoms with E-state index < -0.39 is 72.4 Å². The summed E-state index contributed by atoms with van der Waals surface area (Å²) in [5.74, 6) is -58.1. The van der Waals surface area contributed by atoms with Crippen LogP contribution in [0.5, 0.6) is 5.75 Å². The summed E-state index contributed by atoms with van der Waals surface area (Å²) in [6, 6.07) is 3.71. The topological polar surface area (TPSA) is 35.5 Å². The third kappa shape index (κ3) is 11.4. The predicted molar refractivity (Wildman–Crippen MR) is 158 cm³/mol. The molecule has 0 aromatic heterocycles. The van der Waals surface area contributed by atoms with E-state index in [-0.39, 0.29) is 12.2 Å². The largest absolute Gasteiger partial charge is 0.493 e. The lowest BCUT2D eigenvalue weighted by atomic mass is 9.88. The summed E-state index contributed by atoms with van der Waals surface area (Å²) in [7, 11) is 0. The van der Waals surface area contributed by atoms with E-state index in [4.69, 9.17) is 4.74 Å². The van der Waals surface area contributed by atoms with Gasteiger partial charge >= 0.3 is 53.6 Å². The average Bonchev–Trinajstić information content (AvgIpc) is 3.05. The summed E-state index contributed by atoms with van der Waals surface area (Å²) >= 11 is 0. The van der Waals surface area contributed by atoms with Crippen molar-refractivity contribution in [2.75, 3.05) is 13.2 Å². The maximum Gasteiger partial charge on any atom is 0.460 e. The van der Waals surface area contributed by atoms with Crippen molar-refractivity contribution < 1.29 is 88.9 Å². The molecule has 0 radical (unpaired) electrons. The quantitative estimate of drug-likeness (QED) is 0.0531. The second-order valence-corrected chi connectivity index (χ2v) is 12.5. The molecule has 0 fully saturated rings. The Labute approximate surface area is 294 Å². The molecule has 0 atom stereocenters. The number of hydrogen-bond acceptors (Lipinski definition) is 3. The first kappa shape index (κ1) is 48.3. The monoisotopic (exact) mass is 808 g/mol. The molecule has 0 aliphatic heterocycles. The van der Waals surface area contributed by atoms with Crippen molar-refractivity contribution in [1.29, 1.82) is 0 Å². The molecule has 0 unspecified atom stereocenters. The van der Waals surface area contributed by atoms with E-state index >= 15 is 0 Å². The highest BCUT2D eigenvalue weighted by Gasteiger charge is 2.95. The highest BCUT2D eigenvalue weighted by molar-refractivity contribution is 5.89. The summed E-state index contributed by atoms with van der Waals surface area (Å²) in [5, 5.41) is 0. The van der Waals surface area contributed by atoms with Crippen molar-refractivity contribution >= 4 is 5.97 Å². The van der Waals surface area contributed by atoms with Gasteiger partial charge in [0.25, 0.3) is 0 Å². The highest BCUT2D eigenvalue weighted by atomic mass is 19.4. The molecule has 1 aromatic carbocycles. The van der Waals surface area contributed by atoms with Gasteiger partial charge in [-0.2, -0.15) is 74.6 Å². The van der Waals surface area contributed by atoms with Crippen LogP contribution in [0, 0.1) is 0 Å². The van der Waals surface area contributed by atoms with E-state index in [0.29, 0.717) is 6.42 Å². The minimum absolute atomic E-state index is 0.0520. The van der Waals surface area contributed by atoms with Gasteiger partial charge in [0.05, 0.1) is 25.2 Å². The van der Waals surface area contributed by atoms with E-state index in [1.54, 1.807) is 0 Å². The zero-order valence-corrected chi connectivity index (χ0v) is 28.5. The summed E-state index contributed by atoms with van der Waals surface area (Å²) in [6.07, 6.45) is 4.91. The van der Waals surface area contributed by atoms with Gasteiger partial charge in [0.15, 0.2) is 0 Å². The second-order valence-electron chi connectivity index (χ2n) is 12.5. The number of halogens is 17. The predicted octanol–water partition coefficient (Wildman–Crippen LogP) is 13.1. The van der Waals surface area contributed by atoms with Crippen LogP contribution >= 0.6 is 0 Å². The Morgan fingerprint density at radius 3 is 1.23 bits per heavy atom. The molecule has 0 amide bonds. The Balaban J connectivity index is 2.62. The van der Waals surface area contributed by atoms with Crippen LogP contribution in [-0.4, -0.2) is 66.8 Å². The van der Waals surface area contributed by atoms with Crippen LogP contribution in [0.15, 0.2) is 24.3 Å². The molecule has 0 aliphatic carbocycles. The van der Waals surface area contributed by atoms with Crippen LogP contribution in [0.3, 0.4) is 0 Å². The third-order valence-electron chi connectivity index (χ3n) is 8.29. The summed E-state index contributed by atoms with van der Waals surface area (Å²) in [6.45, 7) is 0.438. The lowest BCUT2D eigenvalue weighted by molar-refractivity contribution is -0.461. The minimum atomic E-state index is -8.67. The fourth-order valence-electron chi connectivity index (χ4n) is 4.88. The Bertz CT molecular complexity index is 1230. The number of esters is 1. The maximum absolute atomic E-state index is 14.1. The molecule has 0 spiro atoms.